The zero-order chi connectivity index (χ0) is 44.5. The molecule has 2 aliphatic carbocycles. The third kappa shape index (κ3) is 8.56. The summed E-state index contributed by atoms with van der Waals surface area (Å²) in [5, 5.41) is 26.8. The van der Waals surface area contributed by atoms with Crippen molar-refractivity contribution in [2.24, 2.45) is 35.5 Å². The van der Waals surface area contributed by atoms with Gasteiger partial charge in [0.1, 0.15) is 0 Å². The van der Waals surface area contributed by atoms with Crippen LogP contribution in [0.3, 0.4) is 0 Å². The third-order valence-corrected chi connectivity index (χ3v) is 14.4. The molecule has 14 heteroatoms. The molecule has 0 unspecified atom stereocenters. The van der Waals surface area contributed by atoms with Crippen molar-refractivity contribution in [3.63, 3.8) is 0 Å². The summed E-state index contributed by atoms with van der Waals surface area (Å²) in [4.78, 5) is 66.6. The lowest BCUT2D eigenvalue weighted by atomic mass is 9.86. The minimum atomic E-state index is -0.409. The number of pyridine rings is 4. The SMILES string of the molecule is C/C=C/c1ccc2n(c1=O)C[C@@H]1[C@@H](CO)[C@H](C(=O)NCc3ccccn3)[C@H]2N1CC1CC1.C/C=C\c1ccc2n(c1=O)C[C@@H]1[C@@H](CO)[C@H](C(=O)NCc3ccccn3)[C@H]2N1CC1CC1. The standard InChI is InChI=1S/2C25H30N4O3/c2*1-2-5-17-9-10-20-23-22(24(31)27-12-18-6-3-4-11-26-18)19(15-30)21(14-29(20)25(17)32)28(23)13-16-7-8-16/h2*2-6,9-11,16,19,21-23,30H,7-8,12-15H2,1H3,(H,27,31)/b5-2+;5-2-/t2*19-,21-,22+,23+/m11/s1. The highest BCUT2D eigenvalue weighted by Gasteiger charge is 2.57. The Kier molecular flexibility index (Phi) is 12.9. The fourth-order valence-corrected chi connectivity index (χ4v) is 11.0. The number of carbonyl (C=O) groups excluding carboxylic acids is 2. The van der Waals surface area contributed by atoms with Crippen molar-refractivity contribution in [1.29, 1.82) is 0 Å². The lowest BCUT2D eigenvalue weighted by Crippen LogP contribution is -2.47. The topological polar surface area (TPSA) is 175 Å². The fourth-order valence-electron chi connectivity index (χ4n) is 11.0. The van der Waals surface area contributed by atoms with Crippen LogP contribution in [0.1, 0.15) is 85.5 Å². The number of aromatic nitrogens is 4. The number of aliphatic hydroxyl groups is 2. The van der Waals surface area contributed by atoms with Gasteiger partial charge in [0.15, 0.2) is 0 Å². The highest BCUT2D eigenvalue weighted by Crippen LogP contribution is 2.51. The first-order valence-corrected chi connectivity index (χ1v) is 23.1. The Labute approximate surface area is 373 Å². The number of amides is 2. The van der Waals surface area contributed by atoms with Gasteiger partial charge < -0.3 is 30.0 Å². The Morgan fingerprint density at radius 2 is 1.06 bits per heavy atom. The maximum absolute atomic E-state index is 13.5. The number of nitrogens with zero attached hydrogens (tertiary/aromatic N) is 6. The zero-order valence-electron chi connectivity index (χ0n) is 36.7. The van der Waals surface area contributed by atoms with E-state index in [1.807, 2.05) is 108 Å². The largest absolute Gasteiger partial charge is 0.396 e. The summed E-state index contributed by atoms with van der Waals surface area (Å²) in [5.41, 5.74) is 4.63. The van der Waals surface area contributed by atoms with Gasteiger partial charge in [0.05, 0.1) is 48.4 Å². The number of fused-ring (bicyclic) bond motifs is 8. The molecule has 4 bridgehead atoms. The van der Waals surface area contributed by atoms with Crippen molar-refractivity contribution in [2.45, 2.75) is 89.9 Å². The number of hydrogen-bond donors (Lipinski definition) is 4. The van der Waals surface area contributed by atoms with Crippen LogP contribution in [0.25, 0.3) is 12.2 Å². The average Bonchev–Trinajstić information content (AvgIpc) is 4.26. The van der Waals surface area contributed by atoms with Crippen molar-refractivity contribution >= 4 is 24.0 Å². The van der Waals surface area contributed by atoms with E-state index in [1.54, 1.807) is 12.4 Å². The van der Waals surface area contributed by atoms with Crippen LogP contribution in [0.15, 0.2) is 94.8 Å². The lowest BCUT2D eigenvalue weighted by Gasteiger charge is -2.38. The van der Waals surface area contributed by atoms with E-state index in [-0.39, 0.29) is 72.1 Å². The van der Waals surface area contributed by atoms with Crippen molar-refractivity contribution in [1.82, 2.24) is 39.5 Å². The predicted molar refractivity (Wildman–Crippen MR) is 243 cm³/mol. The van der Waals surface area contributed by atoms with E-state index in [4.69, 9.17) is 0 Å². The first-order valence-electron chi connectivity index (χ1n) is 23.1. The Morgan fingerprint density at radius 3 is 1.41 bits per heavy atom. The maximum atomic E-state index is 13.5. The molecule has 0 spiro atoms. The molecule has 10 rings (SSSR count). The molecule has 4 aliphatic heterocycles. The van der Waals surface area contributed by atoms with Gasteiger partial charge in [-0.3, -0.25) is 38.9 Å². The Morgan fingerprint density at radius 1 is 0.641 bits per heavy atom. The highest BCUT2D eigenvalue weighted by atomic mass is 16.3. The molecule has 4 fully saturated rings. The number of rotatable bonds is 14. The molecule has 4 N–H and O–H groups in total. The van der Waals surface area contributed by atoms with Crippen LogP contribution in [0.5, 0.6) is 0 Å². The van der Waals surface area contributed by atoms with Crippen molar-refractivity contribution in [3.8, 4) is 0 Å². The molecule has 8 heterocycles. The number of allylic oxidation sites excluding steroid dienone is 2. The minimum Gasteiger partial charge on any atom is -0.396 e. The second-order valence-corrected chi connectivity index (χ2v) is 18.4. The Hall–Kier alpha value is -5.54. The maximum Gasteiger partial charge on any atom is 0.258 e. The summed E-state index contributed by atoms with van der Waals surface area (Å²) in [6, 6.07) is 18.5. The second kappa shape index (κ2) is 18.9. The van der Waals surface area contributed by atoms with Gasteiger partial charge in [0.25, 0.3) is 11.1 Å². The summed E-state index contributed by atoms with van der Waals surface area (Å²) >= 11 is 0. The first-order chi connectivity index (χ1) is 31.2. The van der Waals surface area contributed by atoms with Crippen LogP contribution < -0.4 is 21.8 Å². The molecular formula is C50H60N8O6. The summed E-state index contributed by atoms with van der Waals surface area (Å²) < 4.78 is 3.67. The molecule has 2 saturated heterocycles. The number of nitrogens with one attached hydrogen (secondary N) is 2. The molecule has 2 amide bonds. The van der Waals surface area contributed by atoms with Gasteiger partial charge in [0.2, 0.25) is 11.8 Å². The number of aliphatic hydroxyl groups excluding tert-OH is 2. The molecule has 6 aliphatic rings. The molecule has 64 heavy (non-hydrogen) atoms. The molecule has 8 atom stereocenters. The fraction of sp³-hybridized carbons (Fsp3) is 0.480. The van der Waals surface area contributed by atoms with E-state index in [0.29, 0.717) is 49.1 Å². The average molecular weight is 869 g/mol. The number of hydrogen-bond acceptors (Lipinski definition) is 10. The van der Waals surface area contributed by atoms with E-state index < -0.39 is 11.8 Å². The second-order valence-electron chi connectivity index (χ2n) is 18.4. The van der Waals surface area contributed by atoms with Crippen molar-refractivity contribution < 1.29 is 19.8 Å². The lowest BCUT2D eigenvalue weighted by molar-refractivity contribution is -0.128. The zero-order valence-corrected chi connectivity index (χ0v) is 36.7. The van der Waals surface area contributed by atoms with Gasteiger partial charge in [-0.25, -0.2) is 0 Å². The molecule has 0 aromatic carbocycles. The van der Waals surface area contributed by atoms with Crippen LogP contribution in [0.2, 0.25) is 0 Å². The smallest absolute Gasteiger partial charge is 0.258 e. The van der Waals surface area contributed by atoms with Crippen LogP contribution >= 0.6 is 0 Å². The van der Waals surface area contributed by atoms with Crippen LogP contribution in [0.4, 0.5) is 0 Å². The molecule has 336 valence electrons. The highest BCUT2D eigenvalue weighted by molar-refractivity contribution is 5.81. The summed E-state index contributed by atoms with van der Waals surface area (Å²) in [6.07, 6.45) is 15.7. The van der Waals surface area contributed by atoms with Crippen LogP contribution in [-0.2, 0) is 35.8 Å². The minimum absolute atomic E-state index is 0.0205. The van der Waals surface area contributed by atoms with Crippen LogP contribution in [0, 0.1) is 35.5 Å². The summed E-state index contributed by atoms with van der Waals surface area (Å²) in [7, 11) is 0. The molecule has 0 radical (unpaired) electrons. The van der Waals surface area contributed by atoms with Gasteiger partial charge in [-0.05, 0) is 99.9 Å². The molecule has 4 aromatic rings. The van der Waals surface area contributed by atoms with Gasteiger partial charge in [-0.2, -0.15) is 0 Å². The Bertz CT molecular complexity index is 2330. The van der Waals surface area contributed by atoms with Gasteiger partial charge in [-0.1, -0.05) is 36.4 Å². The number of carbonyl (C=O) groups is 2. The van der Waals surface area contributed by atoms with E-state index in [2.05, 4.69) is 30.4 Å². The predicted octanol–water partition coefficient (Wildman–Crippen LogP) is 3.93. The van der Waals surface area contributed by atoms with Crippen molar-refractivity contribution in [2.75, 3.05) is 26.3 Å². The van der Waals surface area contributed by atoms with Gasteiger partial charge in [-0.15, -0.1) is 0 Å². The van der Waals surface area contributed by atoms with Crippen LogP contribution in [-0.4, -0.2) is 89.3 Å². The van der Waals surface area contributed by atoms with E-state index >= 15 is 0 Å². The van der Waals surface area contributed by atoms with Gasteiger partial charge >= 0.3 is 0 Å². The third-order valence-electron chi connectivity index (χ3n) is 14.4. The monoisotopic (exact) mass is 868 g/mol. The molecule has 2 saturated carbocycles. The summed E-state index contributed by atoms with van der Waals surface area (Å²) in [6.45, 7) is 7.20. The summed E-state index contributed by atoms with van der Waals surface area (Å²) in [5.74, 6) is -0.117. The molecule has 14 nitrogen and oxygen atoms in total. The molecule has 4 aromatic heterocycles. The van der Waals surface area contributed by atoms with E-state index in [0.717, 1.165) is 35.9 Å². The van der Waals surface area contributed by atoms with E-state index in [9.17, 15) is 29.4 Å². The normalized spacial score (nSPS) is 26.9. The Balaban J connectivity index is 0.000000162. The molecular weight excluding hydrogens is 809 g/mol. The van der Waals surface area contributed by atoms with E-state index in [1.165, 1.54) is 25.7 Å². The van der Waals surface area contributed by atoms with Gasteiger partial charge in [0, 0.05) is 98.2 Å². The first kappa shape index (κ1) is 43.7. The quantitative estimate of drug-likeness (QED) is 0.146. The van der Waals surface area contributed by atoms with Crippen molar-refractivity contribution in [3.05, 3.63) is 140 Å².